The lowest BCUT2D eigenvalue weighted by Crippen LogP contribution is -2.10. The second-order valence-corrected chi connectivity index (χ2v) is 7.12. The smallest absolute Gasteiger partial charge is 0.362 e. The zero-order chi connectivity index (χ0) is 19.4. The third kappa shape index (κ3) is 2.36. The summed E-state index contributed by atoms with van der Waals surface area (Å²) in [5.74, 6) is -0.253. The van der Waals surface area contributed by atoms with Gasteiger partial charge in [-0.1, -0.05) is 29.8 Å². The Morgan fingerprint density at radius 3 is 2.79 bits per heavy atom. The second-order valence-electron chi connectivity index (χ2n) is 7.12. The van der Waals surface area contributed by atoms with Crippen molar-refractivity contribution in [3.63, 3.8) is 0 Å². The van der Waals surface area contributed by atoms with Crippen LogP contribution in [0.1, 0.15) is 16.7 Å². The zero-order valence-electron chi connectivity index (χ0n) is 15.5. The number of hydrogen-bond acceptors (Lipinski definition) is 3. The van der Waals surface area contributed by atoms with E-state index in [0.29, 0.717) is 22.4 Å². The Labute approximate surface area is 159 Å². The monoisotopic (exact) mass is 372 g/mol. The number of nitrogens with zero attached hydrogens (tertiary/aromatic N) is 2. The van der Waals surface area contributed by atoms with Gasteiger partial charge < -0.3 is 8.98 Å². The maximum absolute atomic E-state index is 14.7. The molecule has 3 aromatic heterocycles. The van der Waals surface area contributed by atoms with Crippen LogP contribution < -0.4 is 5.63 Å². The third-order valence-corrected chi connectivity index (χ3v) is 5.24. The highest BCUT2D eigenvalue weighted by Crippen LogP contribution is 2.33. The van der Waals surface area contributed by atoms with E-state index in [1.807, 2.05) is 47.9 Å². The molecule has 0 bridgehead atoms. The molecule has 28 heavy (non-hydrogen) atoms. The molecule has 5 rings (SSSR count). The summed E-state index contributed by atoms with van der Waals surface area (Å²) in [7, 11) is 0. The molecule has 0 radical (unpaired) electrons. The van der Waals surface area contributed by atoms with Gasteiger partial charge in [-0.05, 0) is 43.7 Å². The Morgan fingerprint density at radius 2 is 1.93 bits per heavy atom. The molecule has 0 aliphatic carbocycles. The molecule has 0 spiro atoms. The molecular formula is C23H17FN2O2. The first-order valence-electron chi connectivity index (χ1n) is 9.09. The Hall–Kier alpha value is -3.47. The lowest BCUT2D eigenvalue weighted by molar-refractivity contribution is 0.552. The minimum Gasteiger partial charge on any atom is -0.402 e. The Morgan fingerprint density at radius 1 is 1.07 bits per heavy atom. The minimum absolute atomic E-state index is 0.243. The molecule has 0 saturated carbocycles. The summed E-state index contributed by atoms with van der Waals surface area (Å²) in [6, 6.07) is 15.0. The number of pyridine rings is 1. The van der Waals surface area contributed by atoms with Gasteiger partial charge in [0.2, 0.25) is 5.71 Å². The number of benzene rings is 2. The van der Waals surface area contributed by atoms with Crippen LogP contribution in [0.2, 0.25) is 0 Å². The van der Waals surface area contributed by atoms with Crippen molar-refractivity contribution in [1.29, 1.82) is 0 Å². The quantitative estimate of drug-likeness (QED) is 0.433. The van der Waals surface area contributed by atoms with Crippen molar-refractivity contribution in [3.8, 4) is 0 Å². The van der Waals surface area contributed by atoms with Crippen LogP contribution in [0.4, 0.5) is 4.39 Å². The number of halogens is 1. The van der Waals surface area contributed by atoms with Gasteiger partial charge in [-0.25, -0.2) is 14.2 Å². The molecule has 5 heteroatoms. The largest absolute Gasteiger partial charge is 0.402 e. The average Bonchev–Trinajstić information content (AvgIpc) is 3.00. The van der Waals surface area contributed by atoms with E-state index in [-0.39, 0.29) is 12.4 Å². The lowest BCUT2D eigenvalue weighted by Gasteiger charge is -2.09. The fourth-order valence-electron chi connectivity index (χ4n) is 3.92. The summed E-state index contributed by atoms with van der Waals surface area (Å²) in [5.41, 5.74) is 3.33. The molecule has 0 saturated heterocycles. The van der Waals surface area contributed by atoms with E-state index in [4.69, 9.17) is 4.42 Å². The SMILES string of the molecule is Cc1ccc2c(c1)c1c3cccnc3oc(=O)c1n2Cc1cccc(C)c1F. The van der Waals surface area contributed by atoms with Gasteiger partial charge in [0.25, 0.3) is 0 Å². The number of aryl methyl sites for hydroxylation is 2. The van der Waals surface area contributed by atoms with Gasteiger partial charge in [0, 0.05) is 33.4 Å². The van der Waals surface area contributed by atoms with Gasteiger partial charge >= 0.3 is 5.63 Å². The predicted octanol–water partition coefficient (Wildman–Crippen LogP) is 5.10. The zero-order valence-corrected chi connectivity index (χ0v) is 15.5. The van der Waals surface area contributed by atoms with Crippen LogP contribution in [0.5, 0.6) is 0 Å². The van der Waals surface area contributed by atoms with Gasteiger partial charge in [0.05, 0.1) is 6.54 Å². The van der Waals surface area contributed by atoms with E-state index in [1.54, 1.807) is 25.3 Å². The number of aromatic nitrogens is 2. The highest BCUT2D eigenvalue weighted by atomic mass is 19.1. The van der Waals surface area contributed by atoms with E-state index in [1.165, 1.54) is 0 Å². The van der Waals surface area contributed by atoms with Crippen molar-refractivity contribution in [1.82, 2.24) is 9.55 Å². The van der Waals surface area contributed by atoms with Crippen LogP contribution in [-0.4, -0.2) is 9.55 Å². The first-order valence-corrected chi connectivity index (χ1v) is 9.09. The first kappa shape index (κ1) is 16.7. The number of rotatable bonds is 2. The topological polar surface area (TPSA) is 48.0 Å². The summed E-state index contributed by atoms with van der Waals surface area (Å²) in [4.78, 5) is 17.1. The molecule has 2 aromatic carbocycles. The third-order valence-electron chi connectivity index (χ3n) is 5.24. The number of fused-ring (bicyclic) bond motifs is 5. The predicted molar refractivity (Wildman–Crippen MR) is 108 cm³/mol. The van der Waals surface area contributed by atoms with Gasteiger partial charge in [-0.15, -0.1) is 0 Å². The highest BCUT2D eigenvalue weighted by Gasteiger charge is 2.20. The van der Waals surface area contributed by atoms with Crippen molar-refractivity contribution in [3.05, 3.63) is 87.7 Å². The maximum Gasteiger partial charge on any atom is 0.362 e. The van der Waals surface area contributed by atoms with Crippen molar-refractivity contribution in [2.24, 2.45) is 0 Å². The fraction of sp³-hybridized carbons (Fsp3) is 0.130. The van der Waals surface area contributed by atoms with Crippen molar-refractivity contribution in [2.45, 2.75) is 20.4 Å². The van der Waals surface area contributed by atoms with Crippen LogP contribution >= 0.6 is 0 Å². The summed E-state index contributed by atoms with van der Waals surface area (Å²) >= 11 is 0. The molecule has 0 aliphatic rings. The van der Waals surface area contributed by atoms with E-state index >= 15 is 0 Å². The lowest BCUT2D eigenvalue weighted by atomic mass is 10.1. The molecule has 0 unspecified atom stereocenters. The van der Waals surface area contributed by atoms with Crippen molar-refractivity contribution in [2.75, 3.05) is 0 Å². The Bertz CT molecular complexity index is 1450. The van der Waals surface area contributed by atoms with Crippen LogP contribution in [0.3, 0.4) is 0 Å². The van der Waals surface area contributed by atoms with Crippen LogP contribution in [-0.2, 0) is 6.54 Å². The molecule has 0 amide bonds. The van der Waals surface area contributed by atoms with E-state index < -0.39 is 5.63 Å². The second kappa shape index (κ2) is 6.02. The molecule has 5 aromatic rings. The van der Waals surface area contributed by atoms with E-state index in [2.05, 4.69) is 4.98 Å². The highest BCUT2D eigenvalue weighted by molar-refractivity contribution is 6.18. The summed E-state index contributed by atoms with van der Waals surface area (Å²) < 4.78 is 22.0. The van der Waals surface area contributed by atoms with E-state index in [9.17, 15) is 9.18 Å². The standard InChI is InChI=1S/C23H17FN2O2/c1-13-8-9-18-17(11-13)19-16-7-4-10-25-22(16)28-23(27)21(19)26(18)12-15-6-3-5-14(2)20(15)24/h3-11H,12H2,1-2H3. The molecular weight excluding hydrogens is 355 g/mol. The van der Waals surface area contributed by atoms with Crippen LogP contribution in [0.25, 0.3) is 32.9 Å². The summed E-state index contributed by atoms with van der Waals surface area (Å²) in [6.45, 7) is 3.99. The van der Waals surface area contributed by atoms with Crippen molar-refractivity contribution < 1.29 is 8.81 Å². The Kier molecular flexibility index (Phi) is 3.59. The Balaban J connectivity index is 1.94. The average molecular weight is 372 g/mol. The van der Waals surface area contributed by atoms with Crippen molar-refractivity contribution >= 4 is 32.9 Å². The first-order chi connectivity index (χ1) is 13.5. The van der Waals surface area contributed by atoms with Gasteiger partial charge in [-0.2, -0.15) is 0 Å². The summed E-state index contributed by atoms with van der Waals surface area (Å²) in [6.07, 6.45) is 1.60. The minimum atomic E-state index is -0.469. The normalized spacial score (nSPS) is 11.7. The van der Waals surface area contributed by atoms with E-state index in [0.717, 1.165) is 27.2 Å². The van der Waals surface area contributed by atoms with Gasteiger partial charge in [0.15, 0.2) is 0 Å². The van der Waals surface area contributed by atoms with Crippen LogP contribution in [0.15, 0.2) is 63.9 Å². The fourth-order valence-corrected chi connectivity index (χ4v) is 3.92. The molecule has 3 heterocycles. The molecule has 0 N–H and O–H groups in total. The summed E-state index contributed by atoms with van der Waals surface area (Å²) in [5, 5.41) is 2.51. The van der Waals surface area contributed by atoms with Crippen LogP contribution in [0, 0.1) is 19.7 Å². The molecule has 138 valence electrons. The molecule has 4 nitrogen and oxygen atoms in total. The maximum atomic E-state index is 14.7. The van der Waals surface area contributed by atoms with Gasteiger partial charge in [-0.3, -0.25) is 0 Å². The molecule has 0 aliphatic heterocycles. The number of hydrogen-bond donors (Lipinski definition) is 0. The molecule has 0 atom stereocenters. The van der Waals surface area contributed by atoms with Gasteiger partial charge in [0.1, 0.15) is 11.3 Å². The molecule has 0 fully saturated rings.